The SMILES string of the molecule is CN(C)C(CNCc1ccc(C(C)(C)C)s1)c1ccco1. The first-order chi connectivity index (χ1) is 9.88. The van der Waals surface area contributed by atoms with Crippen LogP contribution in [-0.4, -0.2) is 25.5 Å². The highest BCUT2D eigenvalue weighted by atomic mass is 32.1. The molecule has 0 spiro atoms. The smallest absolute Gasteiger partial charge is 0.122 e. The fraction of sp³-hybridized carbons (Fsp3) is 0.529. The van der Waals surface area contributed by atoms with Gasteiger partial charge >= 0.3 is 0 Å². The van der Waals surface area contributed by atoms with E-state index in [9.17, 15) is 0 Å². The molecule has 1 N–H and O–H groups in total. The Bertz CT molecular complexity index is 537. The van der Waals surface area contributed by atoms with Crippen LogP contribution in [0.4, 0.5) is 0 Å². The molecule has 0 aromatic carbocycles. The van der Waals surface area contributed by atoms with E-state index in [-0.39, 0.29) is 11.5 Å². The van der Waals surface area contributed by atoms with Crippen LogP contribution in [0.5, 0.6) is 0 Å². The molecule has 2 rings (SSSR count). The molecule has 0 fully saturated rings. The molecule has 0 aliphatic rings. The van der Waals surface area contributed by atoms with Crippen molar-refractivity contribution in [1.29, 1.82) is 0 Å². The highest BCUT2D eigenvalue weighted by Crippen LogP contribution is 2.29. The molecule has 2 aromatic rings. The predicted molar refractivity (Wildman–Crippen MR) is 89.9 cm³/mol. The molecule has 0 bridgehead atoms. The summed E-state index contributed by atoms with van der Waals surface area (Å²) in [5.74, 6) is 1.01. The first kappa shape index (κ1) is 16.3. The van der Waals surface area contributed by atoms with Crippen LogP contribution in [0.15, 0.2) is 34.9 Å². The average Bonchev–Trinajstić information content (AvgIpc) is 3.04. The second kappa shape index (κ2) is 6.77. The van der Waals surface area contributed by atoms with Crippen molar-refractivity contribution in [2.75, 3.05) is 20.6 Å². The van der Waals surface area contributed by atoms with E-state index in [0.717, 1.165) is 18.8 Å². The molecule has 2 heterocycles. The van der Waals surface area contributed by atoms with E-state index in [1.165, 1.54) is 9.75 Å². The lowest BCUT2D eigenvalue weighted by Crippen LogP contribution is -2.30. The lowest BCUT2D eigenvalue weighted by atomic mass is 9.95. The van der Waals surface area contributed by atoms with Gasteiger partial charge in [0, 0.05) is 22.8 Å². The minimum atomic E-state index is 0.239. The van der Waals surface area contributed by atoms with Crippen molar-refractivity contribution in [3.05, 3.63) is 46.0 Å². The predicted octanol–water partition coefficient (Wildman–Crippen LogP) is 4.03. The van der Waals surface area contributed by atoms with Gasteiger partial charge in [0.15, 0.2) is 0 Å². The van der Waals surface area contributed by atoms with Gasteiger partial charge in [0.1, 0.15) is 5.76 Å². The molecule has 0 aliphatic carbocycles. The van der Waals surface area contributed by atoms with Crippen LogP contribution in [0.3, 0.4) is 0 Å². The maximum atomic E-state index is 5.53. The molecule has 4 heteroatoms. The fourth-order valence-corrected chi connectivity index (χ4v) is 3.26. The summed E-state index contributed by atoms with van der Waals surface area (Å²) in [5, 5.41) is 3.54. The van der Waals surface area contributed by atoms with Gasteiger partial charge in [0.05, 0.1) is 12.3 Å². The third kappa shape index (κ3) is 4.43. The Morgan fingerprint density at radius 2 is 2.00 bits per heavy atom. The summed E-state index contributed by atoms with van der Waals surface area (Å²) in [4.78, 5) is 5.01. The van der Waals surface area contributed by atoms with Gasteiger partial charge in [-0.25, -0.2) is 0 Å². The van der Waals surface area contributed by atoms with Gasteiger partial charge in [-0.15, -0.1) is 11.3 Å². The second-order valence-electron chi connectivity index (χ2n) is 6.64. The molecule has 1 unspecified atom stereocenters. The van der Waals surface area contributed by atoms with Crippen molar-refractivity contribution in [1.82, 2.24) is 10.2 Å². The zero-order valence-corrected chi connectivity index (χ0v) is 14.5. The number of rotatable bonds is 6. The molecule has 0 saturated carbocycles. The second-order valence-corrected chi connectivity index (χ2v) is 7.81. The monoisotopic (exact) mass is 306 g/mol. The highest BCUT2D eigenvalue weighted by Gasteiger charge is 2.18. The summed E-state index contributed by atoms with van der Waals surface area (Å²) in [5.41, 5.74) is 0.239. The maximum Gasteiger partial charge on any atom is 0.122 e. The molecule has 1 atom stereocenters. The van der Waals surface area contributed by atoms with Crippen molar-refractivity contribution in [2.24, 2.45) is 0 Å². The van der Waals surface area contributed by atoms with Gasteiger partial charge in [-0.1, -0.05) is 20.8 Å². The molecule has 116 valence electrons. The number of nitrogens with zero attached hydrogens (tertiary/aromatic N) is 1. The van der Waals surface area contributed by atoms with Gasteiger partial charge < -0.3 is 9.73 Å². The molecule has 0 aliphatic heterocycles. The number of hydrogen-bond acceptors (Lipinski definition) is 4. The van der Waals surface area contributed by atoms with E-state index < -0.39 is 0 Å². The van der Waals surface area contributed by atoms with Crippen LogP contribution in [-0.2, 0) is 12.0 Å². The van der Waals surface area contributed by atoms with Crippen LogP contribution < -0.4 is 5.32 Å². The van der Waals surface area contributed by atoms with Crippen molar-refractivity contribution in [3.63, 3.8) is 0 Å². The Morgan fingerprint density at radius 1 is 1.24 bits per heavy atom. The van der Waals surface area contributed by atoms with Crippen molar-refractivity contribution >= 4 is 11.3 Å². The first-order valence-electron chi connectivity index (χ1n) is 7.37. The van der Waals surface area contributed by atoms with E-state index in [2.05, 4.69) is 57.2 Å². The van der Waals surface area contributed by atoms with Crippen LogP contribution >= 0.6 is 11.3 Å². The molecular weight excluding hydrogens is 280 g/mol. The zero-order chi connectivity index (χ0) is 15.5. The number of nitrogens with one attached hydrogen (secondary N) is 1. The maximum absolute atomic E-state index is 5.53. The third-order valence-electron chi connectivity index (χ3n) is 3.53. The van der Waals surface area contributed by atoms with Crippen molar-refractivity contribution in [3.8, 4) is 0 Å². The largest absolute Gasteiger partial charge is 0.468 e. The minimum Gasteiger partial charge on any atom is -0.468 e. The van der Waals surface area contributed by atoms with Gasteiger partial charge in [-0.05, 0) is 43.8 Å². The van der Waals surface area contributed by atoms with E-state index >= 15 is 0 Å². The molecule has 3 nitrogen and oxygen atoms in total. The molecule has 0 saturated heterocycles. The summed E-state index contributed by atoms with van der Waals surface area (Å²) >= 11 is 1.90. The number of likely N-dealkylation sites (N-methyl/N-ethyl adjacent to an activating group) is 1. The number of furan rings is 1. The first-order valence-corrected chi connectivity index (χ1v) is 8.19. The summed E-state index contributed by atoms with van der Waals surface area (Å²) in [6.45, 7) is 8.56. The quantitative estimate of drug-likeness (QED) is 0.873. The molecule has 0 amide bonds. The third-order valence-corrected chi connectivity index (χ3v) is 5.04. The Morgan fingerprint density at radius 3 is 2.52 bits per heavy atom. The minimum absolute atomic E-state index is 0.239. The van der Waals surface area contributed by atoms with E-state index in [0.29, 0.717) is 0 Å². The Hall–Kier alpha value is -1.10. The van der Waals surface area contributed by atoms with Gasteiger partial charge in [-0.3, -0.25) is 4.90 Å². The molecule has 0 radical (unpaired) electrons. The highest BCUT2D eigenvalue weighted by molar-refractivity contribution is 7.12. The van der Waals surface area contributed by atoms with Crippen molar-refractivity contribution in [2.45, 2.75) is 38.8 Å². The molecular formula is C17H26N2OS. The molecule has 2 aromatic heterocycles. The van der Waals surface area contributed by atoms with Crippen LogP contribution in [0.2, 0.25) is 0 Å². The summed E-state index contributed by atoms with van der Waals surface area (Å²) < 4.78 is 5.53. The molecule has 21 heavy (non-hydrogen) atoms. The van der Waals surface area contributed by atoms with Crippen LogP contribution in [0, 0.1) is 0 Å². The topological polar surface area (TPSA) is 28.4 Å². The summed E-state index contributed by atoms with van der Waals surface area (Å²) in [6.07, 6.45) is 1.74. The van der Waals surface area contributed by atoms with E-state index in [4.69, 9.17) is 4.42 Å². The fourth-order valence-electron chi connectivity index (χ4n) is 2.23. The Labute approximate surface area is 132 Å². The van der Waals surface area contributed by atoms with Gasteiger partial charge in [0.2, 0.25) is 0 Å². The van der Waals surface area contributed by atoms with Crippen LogP contribution in [0.1, 0.15) is 42.3 Å². The number of hydrogen-bond donors (Lipinski definition) is 1. The van der Waals surface area contributed by atoms with E-state index in [1.807, 2.05) is 23.5 Å². The summed E-state index contributed by atoms with van der Waals surface area (Å²) in [6, 6.07) is 8.73. The standard InChI is InChI=1S/C17H26N2OS/c1-17(2,3)16-9-8-13(21-16)11-18-12-14(19(4)5)15-7-6-10-20-15/h6-10,14,18H,11-12H2,1-5H3. The lowest BCUT2D eigenvalue weighted by Gasteiger charge is -2.22. The van der Waals surface area contributed by atoms with Gasteiger partial charge in [0.25, 0.3) is 0 Å². The Kier molecular flexibility index (Phi) is 5.25. The lowest BCUT2D eigenvalue weighted by molar-refractivity contribution is 0.250. The zero-order valence-electron chi connectivity index (χ0n) is 13.6. The van der Waals surface area contributed by atoms with Gasteiger partial charge in [-0.2, -0.15) is 0 Å². The average molecular weight is 306 g/mol. The number of thiophene rings is 1. The normalized spacial score (nSPS) is 13.8. The van der Waals surface area contributed by atoms with Crippen LogP contribution in [0.25, 0.3) is 0 Å². The Balaban J connectivity index is 1.90. The van der Waals surface area contributed by atoms with Crippen molar-refractivity contribution < 1.29 is 4.42 Å². The summed E-state index contributed by atoms with van der Waals surface area (Å²) in [7, 11) is 4.16. The van der Waals surface area contributed by atoms with E-state index in [1.54, 1.807) is 6.26 Å².